The molecule has 3 aliphatic carbocycles. The summed E-state index contributed by atoms with van der Waals surface area (Å²) in [6, 6.07) is 0. The highest BCUT2D eigenvalue weighted by Gasteiger charge is 2.49. The highest BCUT2D eigenvalue weighted by Crippen LogP contribution is 2.57. The van der Waals surface area contributed by atoms with E-state index in [4.69, 9.17) is 0 Å². The van der Waals surface area contributed by atoms with Crippen LogP contribution in [0.15, 0.2) is 0 Å². The molecular weight excluding hydrogens is 424 g/mol. The predicted octanol–water partition coefficient (Wildman–Crippen LogP) is 11.1. The maximum atomic E-state index is 12.9. The first kappa shape index (κ1) is 29.2. The molecule has 0 aromatic carbocycles. The molecule has 0 amide bonds. The van der Waals surface area contributed by atoms with Gasteiger partial charge in [0.15, 0.2) is 0 Å². The first-order valence-corrected chi connectivity index (χ1v) is 16.7. The van der Waals surface area contributed by atoms with Crippen LogP contribution in [0, 0.1) is 35.0 Å². The van der Waals surface area contributed by atoms with E-state index in [0.717, 1.165) is 17.8 Å². The second-order valence-corrected chi connectivity index (χ2v) is 13.4. The van der Waals surface area contributed by atoms with E-state index < -0.39 is 0 Å². The van der Waals surface area contributed by atoms with Gasteiger partial charge in [-0.2, -0.15) is 0 Å². The van der Waals surface area contributed by atoms with E-state index >= 15 is 0 Å². The molecule has 0 radical (unpaired) electrons. The van der Waals surface area contributed by atoms with Crippen molar-refractivity contribution in [2.45, 2.75) is 174 Å². The smallest absolute Gasteiger partial charge is 0.123 e. The van der Waals surface area contributed by atoms with Crippen molar-refractivity contribution in [2.75, 3.05) is 0 Å². The Hall–Kier alpha value is -0.330. The number of carbonyl (C=O) groups excluding carboxylic acids is 1. The van der Waals surface area contributed by atoms with E-state index in [0.29, 0.717) is 17.3 Å². The van der Waals surface area contributed by atoms with Gasteiger partial charge >= 0.3 is 0 Å². The van der Waals surface area contributed by atoms with Gasteiger partial charge in [0.1, 0.15) is 6.29 Å². The van der Waals surface area contributed by atoms with E-state index in [-0.39, 0.29) is 0 Å². The minimum atomic E-state index is 0.360. The van der Waals surface area contributed by atoms with E-state index in [1.165, 1.54) is 167 Å². The molecular formula is C34H62O. The molecule has 1 nitrogen and oxygen atoms in total. The third-order valence-electron chi connectivity index (χ3n) is 11.1. The highest BCUT2D eigenvalue weighted by molar-refractivity contribution is 5.56. The maximum absolute atomic E-state index is 12.9. The van der Waals surface area contributed by atoms with Crippen molar-refractivity contribution < 1.29 is 4.79 Å². The van der Waals surface area contributed by atoms with Gasteiger partial charge in [-0.15, -0.1) is 0 Å². The largest absolute Gasteiger partial charge is 0.303 e. The third kappa shape index (κ3) is 8.88. The number of hydrogen-bond donors (Lipinski definition) is 0. The van der Waals surface area contributed by atoms with E-state index in [2.05, 4.69) is 13.8 Å². The summed E-state index contributed by atoms with van der Waals surface area (Å²) in [5.41, 5.74) is 0.360. The summed E-state index contributed by atoms with van der Waals surface area (Å²) in [7, 11) is 0. The molecule has 0 N–H and O–H groups in total. The molecule has 0 saturated heterocycles. The Labute approximate surface area is 220 Å². The first-order chi connectivity index (χ1) is 17.2. The van der Waals surface area contributed by atoms with Crippen molar-refractivity contribution in [1.29, 1.82) is 0 Å². The molecule has 1 unspecified atom stereocenters. The van der Waals surface area contributed by atoms with E-state index in [1.807, 2.05) is 0 Å². The zero-order valence-electron chi connectivity index (χ0n) is 24.1. The first-order valence-electron chi connectivity index (χ1n) is 16.7. The normalized spacial score (nSPS) is 31.3. The van der Waals surface area contributed by atoms with Gasteiger partial charge in [-0.3, -0.25) is 0 Å². The van der Waals surface area contributed by atoms with Gasteiger partial charge in [0.2, 0.25) is 0 Å². The van der Waals surface area contributed by atoms with Crippen molar-refractivity contribution >= 4 is 6.29 Å². The zero-order valence-corrected chi connectivity index (χ0v) is 24.1. The van der Waals surface area contributed by atoms with Crippen molar-refractivity contribution in [3.05, 3.63) is 0 Å². The lowest BCUT2D eigenvalue weighted by atomic mass is 9.51. The van der Waals surface area contributed by atoms with Crippen LogP contribution in [0.5, 0.6) is 0 Å². The van der Waals surface area contributed by atoms with E-state index in [9.17, 15) is 4.79 Å². The van der Waals surface area contributed by atoms with Gasteiger partial charge in [0.25, 0.3) is 0 Å². The van der Waals surface area contributed by atoms with Gasteiger partial charge in [0, 0.05) is 5.92 Å². The Bertz CT molecular complexity index is 531. The molecule has 35 heavy (non-hydrogen) atoms. The van der Waals surface area contributed by atoms with Crippen LogP contribution in [0.3, 0.4) is 0 Å². The van der Waals surface area contributed by atoms with Crippen LogP contribution in [-0.4, -0.2) is 6.29 Å². The quantitative estimate of drug-likeness (QED) is 0.156. The minimum Gasteiger partial charge on any atom is -0.303 e. The summed E-state index contributed by atoms with van der Waals surface area (Å²) < 4.78 is 0. The standard InChI is InChI=1S/C34H62O/c1-3-5-7-9-12-16-29-20-22-31(23-21-29)33(28-35)34(32-18-14-11-15-19-32)26-24-30(25-27-34)17-13-10-8-6-4-2/h28-33H,3-27H2,1-2H3/t29?,30-,31?,33?,34+. The van der Waals surface area contributed by atoms with Crippen LogP contribution in [0.1, 0.15) is 174 Å². The predicted molar refractivity (Wildman–Crippen MR) is 153 cm³/mol. The molecule has 0 heterocycles. The highest BCUT2D eigenvalue weighted by atomic mass is 16.1. The summed E-state index contributed by atoms with van der Waals surface area (Å²) >= 11 is 0. The molecule has 1 atom stereocenters. The molecule has 0 bridgehead atoms. The number of unbranched alkanes of at least 4 members (excludes halogenated alkanes) is 8. The molecule has 0 aliphatic heterocycles. The van der Waals surface area contributed by atoms with Crippen LogP contribution < -0.4 is 0 Å². The topological polar surface area (TPSA) is 17.1 Å². The molecule has 0 spiro atoms. The molecule has 3 saturated carbocycles. The average molecular weight is 487 g/mol. The van der Waals surface area contributed by atoms with Crippen molar-refractivity contribution in [2.24, 2.45) is 35.0 Å². The second-order valence-electron chi connectivity index (χ2n) is 13.4. The monoisotopic (exact) mass is 486 g/mol. The molecule has 1 heteroatoms. The Morgan fingerprint density at radius 3 is 1.66 bits per heavy atom. The Balaban J connectivity index is 1.54. The fraction of sp³-hybridized carbons (Fsp3) is 0.971. The summed E-state index contributed by atoms with van der Waals surface area (Å²) in [5.74, 6) is 3.80. The fourth-order valence-electron chi connectivity index (χ4n) is 8.82. The molecule has 3 rings (SSSR count). The summed E-state index contributed by atoms with van der Waals surface area (Å²) in [6.07, 6.45) is 36.8. The van der Waals surface area contributed by atoms with Gasteiger partial charge < -0.3 is 4.79 Å². The molecule has 3 aliphatic rings. The SMILES string of the molecule is CCCCCCCC1CCC(C(C=O)[C@]2(C3CCCCC3)CC[C@H](CCCCCCC)CC2)CC1. The van der Waals surface area contributed by atoms with Crippen molar-refractivity contribution in [1.82, 2.24) is 0 Å². The number of carbonyl (C=O) groups is 1. The maximum Gasteiger partial charge on any atom is 0.123 e. The molecule has 0 aromatic heterocycles. The lowest BCUT2D eigenvalue weighted by Crippen LogP contribution is -2.46. The summed E-state index contributed by atoms with van der Waals surface area (Å²) in [4.78, 5) is 12.9. The van der Waals surface area contributed by atoms with Gasteiger partial charge in [-0.25, -0.2) is 0 Å². The van der Waals surface area contributed by atoms with E-state index in [1.54, 1.807) is 0 Å². The van der Waals surface area contributed by atoms with Crippen LogP contribution in [0.2, 0.25) is 0 Å². The van der Waals surface area contributed by atoms with Gasteiger partial charge in [0.05, 0.1) is 0 Å². The second kappa shape index (κ2) is 16.5. The molecule has 3 fully saturated rings. The number of aldehydes is 1. The van der Waals surface area contributed by atoms with Crippen molar-refractivity contribution in [3.8, 4) is 0 Å². The summed E-state index contributed by atoms with van der Waals surface area (Å²) in [5, 5.41) is 0. The lowest BCUT2D eigenvalue weighted by molar-refractivity contribution is -0.125. The Morgan fingerprint density at radius 1 is 0.629 bits per heavy atom. The zero-order chi connectivity index (χ0) is 24.8. The fourth-order valence-corrected chi connectivity index (χ4v) is 8.82. The molecule has 204 valence electrons. The number of rotatable bonds is 16. The van der Waals surface area contributed by atoms with Gasteiger partial charge in [-0.1, -0.05) is 123 Å². The summed E-state index contributed by atoms with van der Waals surface area (Å²) in [6.45, 7) is 4.63. The van der Waals surface area contributed by atoms with Crippen molar-refractivity contribution in [3.63, 3.8) is 0 Å². The lowest BCUT2D eigenvalue weighted by Gasteiger charge is -2.53. The Kier molecular flexibility index (Phi) is 13.8. The average Bonchev–Trinajstić information content (AvgIpc) is 2.91. The third-order valence-corrected chi connectivity index (χ3v) is 11.1. The number of hydrogen-bond acceptors (Lipinski definition) is 1. The van der Waals surface area contributed by atoms with Crippen LogP contribution in [-0.2, 0) is 4.79 Å². The van der Waals surface area contributed by atoms with Crippen LogP contribution in [0.4, 0.5) is 0 Å². The van der Waals surface area contributed by atoms with Gasteiger partial charge in [-0.05, 0) is 80.5 Å². The minimum absolute atomic E-state index is 0.360. The molecule has 0 aromatic rings. The Morgan fingerprint density at radius 2 is 1.14 bits per heavy atom. The van der Waals surface area contributed by atoms with Crippen LogP contribution in [0.25, 0.3) is 0 Å². The van der Waals surface area contributed by atoms with Crippen LogP contribution >= 0.6 is 0 Å².